The number of amides is 1. The fourth-order valence-corrected chi connectivity index (χ4v) is 2.74. The molecule has 1 amide bonds. The molecule has 1 aliphatic rings. The van der Waals surface area contributed by atoms with Gasteiger partial charge in [-0.05, 0) is 24.8 Å². The maximum absolute atomic E-state index is 12.4. The fourth-order valence-electron chi connectivity index (χ4n) is 2.74. The number of nitrogen functional groups attached to an aromatic ring is 1. The largest absolute Gasteiger partial charge is 0.341 e. The van der Waals surface area contributed by atoms with E-state index in [0.29, 0.717) is 17.2 Å². The molecule has 1 saturated carbocycles. The van der Waals surface area contributed by atoms with Crippen LogP contribution in [0, 0.1) is 5.92 Å². The number of aromatic nitrogens is 1. The molecule has 0 unspecified atom stereocenters. The first-order chi connectivity index (χ1) is 9.22. The lowest BCUT2D eigenvalue weighted by atomic mass is 9.89. The lowest BCUT2D eigenvalue weighted by molar-refractivity contribution is 0.0761. The predicted molar refractivity (Wildman–Crippen MR) is 75.6 cm³/mol. The summed E-state index contributed by atoms with van der Waals surface area (Å²) in [5.74, 6) is 6.04. The van der Waals surface area contributed by atoms with Crippen molar-refractivity contribution in [1.82, 2.24) is 9.88 Å². The van der Waals surface area contributed by atoms with Gasteiger partial charge in [-0.2, -0.15) is 0 Å². The number of pyridine rings is 1. The molecule has 19 heavy (non-hydrogen) atoms. The average molecular weight is 262 g/mol. The highest BCUT2D eigenvalue weighted by Crippen LogP contribution is 2.25. The zero-order valence-corrected chi connectivity index (χ0v) is 11.4. The molecule has 104 valence electrons. The molecule has 1 heterocycles. The Hall–Kier alpha value is -1.62. The lowest BCUT2D eigenvalue weighted by Crippen LogP contribution is -2.33. The highest BCUT2D eigenvalue weighted by atomic mass is 16.2. The van der Waals surface area contributed by atoms with Gasteiger partial charge >= 0.3 is 0 Å². The third kappa shape index (κ3) is 3.44. The minimum atomic E-state index is -0.0216. The molecule has 3 N–H and O–H groups in total. The van der Waals surface area contributed by atoms with E-state index in [2.05, 4.69) is 10.4 Å². The van der Waals surface area contributed by atoms with Gasteiger partial charge in [0.2, 0.25) is 0 Å². The standard InChI is InChI=1S/C14H22N4O/c1-18(10-11-5-3-2-4-6-11)14(19)12-9-16-8-7-13(12)17-15/h7-9,11H,2-6,10,15H2,1H3,(H,16,17). The van der Waals surface area contributed by atoms with Crippen molar-refractivity contribution in [2.24, 2.45) is 11.8 Å². The van der Waals surface area contributed by atoms with Crippen LogP contribution < -0.4 is 11.3 Å². The van der Waals surface area contributed by atoms with Crippen LogP contribution in [0.3, 0.4) is 0 Å². The number of carbonyl (C=O) groups excluding carboxylic acids is 1. The van der Waals surface area contributed by atoms with Crippen molar-refractivity contribution in [3.8, 4) is 0 Å². The molecule has 1 aromatic heterocycles. The topological polar surface area (TPSA) is 71.2 Å². The second-order valence-corrected chi connectivity index (χ2v) is 5.26. The van der Waals surface area contributed by atoms with E-state index in [-0.39, 0.29) is 5.91 Å². The predicted octanol–water partition coefficient (Wildman–Crippen LogP) is 2.02. The molecule has 0 bridgehead atoms. The number of nitrogens with zero attached hydrogens (tertiary/aromatic N) is 2. The molecule has 2 rings (SSSR count). The molecule has 0 atom stereocenters. The molecule has 0 saturated heterocycles. The van der Waals surface area contributed by atoms with Gasteiger partial charge in [-0.1, -0.05) is 19.3 Å². The lowest BCUT2D eigenvalue weighted by Gasteiger charge is -2.27. The van der Waals surface area contributed by atoms with Gasteiger partial charge in [0, 0.05) is 26.0 Å². The Kier molecular flexibility index (Phi) is 4.74. The van der Waals surface area contributed by atoms with Crippen molar-refractivity contribution < 1.29 is 4.79 Å². The summed E-state index contributed by atoms with van der Waals surface area (Å²) in [7, 11) is 1.85. The van der Waals surface area contributed by atoms with Crippen LogP contribution in [0.25, 0.3) is 0 Å². The Morgan fingerprint density at radius 3 is 2.89 bits per heavy atom. The van der Waals surface area contributed by atoms with E-state index in [1.807, 2.05) is 7.05 Å². The van der Waals surface area contributed by atoms with Crippen molar-refractivity contribution >= 4 is 11.6 Å². The quantitative estimate of drug-likeness (QED) is 0.643. The molecule has 0 spiro atoms. The summed E-state index contributed by atoms with van der Waals surface area (Å²) in [4.78, 5) is 18.2. The minimum Gasteiger partial charge on any atom is -0.341 e. The zero-order valence-electron chi connectivity index (χ0n) is 11.4. The minimum absolute atomic E-state index is 0.0216. The molecule has 1 fully saturated rings. The summed E-state index contributed by atoms with van der Waals surface area (Å²) in [6.45, 7) is 0.817. The third-order valence-electron chi connectivity index (χ3n) is 3.81. The van der Waals surface area contributed by atoms with Gasteiger partial charge in [-0.3, -0.25) is 15.6 Å². The Morgan fingerprint density at radius 1 is 1.47 bits per heavy atom. The number of rotatable bonds is 4. The van der Waals surface area contributed by atoms with Crippen LogP contribution >= 0.6 is 0 Å². The first-order valence-electron chi connectivity index (χ1n) is 6.88. The molecule has 1 aromatic rings. The van der Waals surface area contributed by atoms with Gasteiger partial charge in [0.25, 0.3) is 5.91 Å². The smallest absolute Gasteiger partial charge is 0.257 e. The number of hydrogen-bond acceptors (Lipinski definition) is 4. The van der Waals surface area contributed by atoms with Crippen LogP contribution in [-0.2, 0) is 0 Å². The van der Waals surface area contributed by atoms with Crippen LogP contribution in [0.4, 0.5) is 5.69 Å². The number of hydrazine groups is 1. The molecule has 5 nitrogen and oxygen atoms in total. The summed E-state index contributed by atoms with van der Waals surface area (Å²) in [5.41, 5.74) is 3.70. The molecule has 5 heteroatoms. The Morgan fingerprint density at radius 2 is 2.21 bits per heavy atom. The molecule has 0 radical (unpaired) electrons. The van der Waals surface area contributed by atoms with Crippen LogP contribution in [0.5, 0.6) is 0 Å². The van der Waals surface area contributed by atoms with E-state index in [1.165, 1.54) is 32.1 Å². The van der Waals surface area contributed by atoms with Crippen LogP contribution in [0.2, 0.25) is 0 Å². The molecular formula is C14H22N4O. The van der Waals surface area contributed by atoms with Crippen molar-refractivity contribution in [3.05, 3.63) is 24.0 Å². The second kappa shape index (κ2) is 6.52. The summed E-state index contributed by atoms with van der Waals surface area (Å²) >= 11 is 0. The number of hydrogen-bond donors (Lipinski definition) is 2. The van der Waals surface area contributed by atoms with E-state index in [1.54, 1.807) is 23.4 Å². The van der Waals surface area contributed by atoms with Crippen LogP contribution in [0.1, 0.15) is 42.5 Å². The molecule has 1 aliphatic carbocycles. The van der Waals surface area contributed by atoms with Gasteiger partial charge in [0.1, 0.15) is 0 Å². The van der Waals surface area contributed by atoms with E-state index < -0.39 is 0 Å². The fraction of sp³-hybridized carbons (Fsp3) is 0.571. The van der Waals surface area contributed by atoms with Crippen molar-refractivity contribution in [3.63, 3.8) is 0 Å². The number of nitrogens with one attached hydrogen (secondary N) is 1. The van der Waals surface area contributed by atoms with Crippen molar-refractivity contribution in [1.29, 1.82) is 0 Å². The number of nitrogens with two attached hydrogens (primary N) is 1. The zero-order chi connectivity index (χ0) is 13.7. The summed E-state index contributed by atoms with van der Waals surface area (Å²) in [6, 6.07) is 1.71. The summed E-state index contributed by atoms with van der Waals surface area (Å²) < 4.78 is 0. The molecular weight excluding hydrogens is 240 g/mol. The monoisotopic (exact) mass is 262 g/mol. The van der Waals surface area contributed by atoms with E-state index >= 15 is 0 Å². The van der Waals surface area contributed by atoms with Gasteiger partial charge in [-0.25, -0.2) is 0 Å². The van der Waals surface area contributed by atoms with E-state index in [0.717, 1.165) is 6.54 Å². The Bertz CT molecular complexity index is 429. The van der Waals surface area contributed by atoms with Gasteiger partial charge in [0.05, 0.1) is 11.3 Å². The van der Waals surface area contributed by atoms with Crippen molar-refractivity contribution in [2.45, 2.75) is 32.1 Å². The Balaban J connectivity index is 2.01. The number of carbonyl (C=O) groups is 1. The Labute approximate surface area is 114 Å². The van der Waals surface area contributed by atoms with Gasteiger partial charge < -0.3 is 10.3 Å². The van der Waals surface area contributed by atoms with E-state index in [4.69, 9.17) is 5.84 Å². The number of anilines is 1. The SMILES string of the molecule is CN(CC1CCCCC1)C(=O)c1cnccc1NN. The average Bonchev–Trinajstić information content (AvgIpc) is 2.47. The third-order valence-corrected chi connectivity index (χ3v) is 3.81. The molecule has 0 aliphatic heterocycles. The maximum atomic E-state index is 12.4. The van der Waals surface area contributed by atoms with E-state index in [9.17, 15) is 4.79 Å². The van der Waals surface area contributed by atoms with Gasteiger partial charge in [0.15, 0.2) is 0 Å². The maximum Gasteiger partial charge on any atom is 0.257 e. The highest BCUT2D eigenvalue weighted by molar-refractivity contribution is 5.99. The van der Waals surface area contributed by atoms with Gasteiger partial charge in [-0.15, -0.1) is 0 Å². The van der Waals surface area contributed by atoms with Crippen LogP contribution in [-0.4, -0.2) is 29.4 Å². The second-order valence-electron chi connectivity index (χ2n) is 5.26. The first-order valence-corrected chi connectivity index (χ1v) is 6.88. The summed E-state index contributed by atoms with van der Waals surface area (Å²) in [5, 5.41) is 0. The summed E-state index contributed by atoms with van der Waals surface area (Å²) in [6.07, 6.45) is 9.55. The first kappa shape index (κ1) is 13.8. The van der Waals surface area contributed by atoms with Crippen LogP contribution in [0.15, 0.2) is 18.5 Å². The molecule has 0 aromatic carbocycles. The normalized spacial score (nSPS) is 16.1. The highest BCUT2D eigenvalue weighted by Gasteiger charge is 2.20. The van der Waals surface area contributed by atoms with Crippen molar-refractivity contribution in [2.75, 3.05) is 19.0 Å².